The summed E-state index contributed by atoms with van der Waals surface area (Å²) in [5.74, 6) is 1.41. The zero-order valence-electron chi connectivity index (χ0n) is 14.6. The zero-order valence-corrected chi connectivity index (χ0v) is 15.4. The number of esters is 1. The molecule has 3 nitrogen and oxygen atoms in total. The van der Waals surface area contributed by atoms with E-state index in [0.29, 0.717) is 13.2 Å². The van der Waals surface area contributed by atoms with E-state index in [1.165, 1.54) is 0 Å². The molecule has 1 rings (SSSR count). The number of thioether (sulfide) groups is 1. The average Bonchev–Trinajstić information content (AvgIpc) is 2.49. The molecule has 0 aliphatic rings. The summed E-state index contributed by atoms with van der Waals surface area (Å²) in [6.45, 7) is 12.6. The lowest BCUT2D eigenvalue weighted by Crippen LogP contribution is -2.28. The number of carbonyl (C=O) groups is 1. The molecule has 0 N–H and O–H groups in total. The summed E-state index contributed by atoms with van der Waals surface area (Å²) in [7, 11) is 0. The smallest absolute Gasteiger partial charge is 0.310 e. The molecule has 0 heterocycles. The predicted octanol–water partition coefficient (Wildman–Crippen LogP) is 4.56. The summed E-state index contributed by atoms with van der Waals surface area (Å²) < 4.78 is 11.0. The molecule has 0 spiro atoms. The lowest BCUT2D eigenvalue weighted by Gasteiger charge is -2.22. The highest BCUT2D eigenvalue weighted by molar-refractivity contribution is 7.99. The van der Waals surface area contributed by atoms with E-state index in [1.807, 2.05) is 45.9 Å². The molecule has 0 saturated carbocycles. The highest BCUT2D eigenvalue weighted by atomic mass is 32.2. The maximum atomic E-state index is 11.8. The Morgan fingerprint density at radius 2 is 1.96 bits per heavy atom. The first-order valence-electron chi connectivity index (χ1n) is 7.91. The van der Waals surface area contributed by atoms with E-state index in [4.69, 9.17) is 9.47 Å². The molecule has 0 saturated heterocycles. The molecular weight excluding hydrogens is 308 g/mol. The molecule has 1 aromatic rings. The van der Waals surface area contributed by atoms with Gasteiger partial charge in [0, 0.05) is 11.5 Å². The van der Waals surface area contributed by atoms with Crippen molar-refractivity contribution in [3.63, 3.8) is 0 Å². The van der Waals surface area contributed by atoms with Crippen molar-refractivity contribution in [2.45, 2.75) is 39.9 Å². The highest BCUT2D eigenvalue weighted by Crippen LogP contribution is 2.15. The Morgan fingerprint density at radius 1 is 1.30 bits per heavy atom. The van der Waals surface area contributed by atoms with E-state index < -0.39 is 5.60 Å². The molecule has 1 unspecified atom stereocenters. The number of carbonyl (C=O) groups excluding carboxylic acids is 1. The van der Waals surface area contributed by atoms with Crippen molar-refractivity contribution in [1.29, 1.82) is 0 Å². The zero-order chi connectivity index (χ0) is 17.3. The highest BCUT2D eigenvalue weighted by Gasteiger charge is 2.21. The van der Waals surface area contributed by atoms with Crippen molar-refractivity contribution in [3.8, 4) is 0 Å². The molecule has 0 fully saturated rings. The molecular formula is C19H28O3S. The van der Waals surface area contributed by atoms with Gasteiger partial charge in [-0.25, -0.2) is 0 Å². The first-order chi connectivity index (χ1) is 10.8. The third-order valence-corrected chi connectivity index (χ3v) is 4.22. The van der Waals surface area contributed by atoms with Crippen LogP contribution < -0.4 is 0 Å². The summed E-state index contributed by atoms with van der Waals surface area (Å²) in [6.07, 6.45) is 1.83. The van der Waals surface area contributed by atoms with Crippen LogP contribution in [0.1, 0.15) is 38.8 Å². The van der Waals surface area contributed by atoms with Crippen LogP contribution in [0.2, 0.25) is 0 Å². The second-order valence-corrected chi connectivity index (χ2v) is 7.66. The van der Waals surface area contributed by atoms with E-state index in [-0.39, 0.29) is 11.9 Å². The first kappa shape index (κ1) is 19.8. The van der Waals surface area contributed by atoms with Gasteiger partial charge in [-0.05, 0) is 31.9 Å². The maximum absolute atomic E-state index is 11.8. The second-order valence-electron chi connectivity index (χ2n) is 6.51. The Balaban J connectivity index is 2.12. The largest absolute Gasteiger partial charge is 0.460 e. The third-order valence-electron chi connectivity index (χ3n) is 3.03. The quantitative estimate of drug-likeness (QED) is 0.489. The lowest BCUT2D eigenvalue weighted by atomic mass is 10.1. The van der Waals surface area contributed by atoms with Gasteiger partial charge >= 0.3 is 5.97 Å². The summed E-state index contributed by atoms with van der Waals surface area (Å²) >= 11 is 1.72. The Bertz CT molecular complexity index is 488. The summed E-state index contributed by atoms with van der Waals surface area (Å²) in [4.78, 5) is 11.8. The molecule has 1 aromatic carbocycles. The molecule has 4 heteroatoms. The summed E-state index contributed by atoms with van der Waals surface area (Å²) in [5, 5.41) is 0. The van der Waals surface area contributed by atoms with Crippen LogP contribution in [0, 0.1) is 5.92 Å². The number of ether oxygens (including phenoxy) is 2. The van der Waals surface area contributed by atoms with E-state index in [0.717, 1.165) is 22.6 Å². The second kappa shape index (κ2) is 9.78. The minimum Gasteiger partial charge on any atom is -0.460 e. The van der Waals surface area contributed by atoms with Crippen molar-refractivity contribution in [3.05, 3.63) is 42.0 Å². The fourth-order valence-corrected chi connectivity index (χ4v) is 2.68. The Hall–Kier alpha value is -1.26. The molecule has 0 aliphatic heterocycles. The third kappa shape index (κ3) is 8.82. The molecule has 128 valence electrons. The standard InChI is InChI=1S/C19H28O3S/c1-6-16-7-9-17(10-8-16)13-21-11-12-23-14-15(2)18(20)22-19(3,4)5/h6-10,15H,1,11-14H2,2-5H3. The topological polar surface area (TPSA) is 35.5 Å². The predicted molar refractivity (Wildman–Crippen MR) is 98.5 cm³/mol. The molecule has 0 amide bonds. The Kier molecular flexibility index (Phi) is 8.42. The maximum Gasteiger partial charge on any atom is 0.310 e. The molecule has 0 aromatic heterocycles. The van der Waals surface area contributed by atoms with Crippen LogP contribution >= 0.6 is 11.8 Å². The number of hydrogen-bond acceptors (Lipinski definition) is 4. The van der Waals surface area contributed by atoms with Crippen molar-refractivity contribution in [2.75, 3.05) is 18.1 Å². The van der Waals surface area contributed by atoms with Crippen LogP contribution in [0.25, 0.3) is 6.08 Å². The summed E-state index contributed by atoms with van der Waals surface area (Å²) in [5.41, 5.74) is 1.85. The molecule has 0 aliphatic carbocycles. The van der Waals surface area contributed by atoms with Gasteiger partial charge in [0.2, 0.25) is 0 Å². The van der Waals surface area contributed by atoms with Crippen molar-refractivity contribution in [2.24, 2.45) is 5.92 Å². The number of hydrogen-bond donors (Lipinski definition) is 0. The van der Waals surface area contributed by atoms with Gasteiger partial charge < -0.3 is 9.47 Å². The monoisotopic (exact) mass is 336 g/mol. The molecule has 0 radical (unpaired) electrons. The van der Waals surface area contributed by atoms with Crippen LogP contribution in [-0.4, -0.2) is 29.7 Å². The number of benzene rings is 1. The van der Waals surface area contributed by atoms with Crippen LogP contribution in [0.5, 0.6) is 0 Å². The van der Waals surface area contributed by atoms with Crippen LogP contribution in [0.3, 0.4) is 0 Å². The Labute approximate surface area is 144 Å². The average molecular weight is 336 g/mol. The van der Waals surface area contributed by atoms with Crippen LogP contribution in [0.4, 0.5) is 0 Å². The van der Waals surface area contributed by atoms with Gasteiger partial charge in [-0.2, -0.15) is 11.8 Å². The van der Waals surface area contributed by atoms with Crippen molar-refractivity contribution >= 4 is 23.8 Å². The van der Waals surface area contributed by atoms with E-state index >= 15 is 0 Å². The molecule has 0 bridgehead atoms. The van der Waals surface area contributed by atoms with Crippen molar-refractivity contribution < 1.29 is 14.3 Å². The molecule has 23 heavy (non-hydrogen) atoms. The minimum atomic E-state index is -0.416. The van der Waals surface area contributed by atoms with Gasteiger partial charge in [-0.1, -0.05) is 43.8 Å². The van der Waals surface area contributed by atoms with Gasteiger partial charge in [0.1, 0.15) is 5.60 Å². The minimum absolute atomic E-state index is 0.0920. The normalized spacial score (nSPS) is 12.7. The Morgan fingerprint density at radius 3 is 2.52 bits per heavy atom. The van der Waals surface area contributed by atoms with Gasteiger partial charge in [-0.3, -0.25) is 4.79 Å². The summed E-state index contributed by atoms with van der Waals surface area (Å²) in [6, 6.07) is 8.16. The van der Waals surface area contributed by atoms with Gasteiger partial charge in [0.25, 0.3) is 0 Å². The van der Waals surface area contributed by atoms with Gasteiger partial charge in [0.15, 0.2) is 0 Å². The van der Waals surface area contributed by atoms with E-state index in [9.17, 15) is 4.79 Å². The fourth-order valence-electron chi connectivity index (χ4n) is 1.79. The van der Waals surface area contributed by atoms with Crippen LogP contribution in [-0.2, 0) is 20.9 Å². The SMILES string of the molecule is C=Cc1ccc(COCCSCC(C)C(=O)OC(C)(C)C)cc1. The van der Waals surface area contributed by atoms with Gasteiger partial charge in [-0.15, -0.1) is 0 Å². The number of rotatable bonds is 9. The first-order valence-corrected chi connectivity index (χ1v) is 9.07. The molecule has 1 atom stereocenters. The lowest BCUT2D eigenvalue weighted by molar-refractivity contribution is -0.158. The van der Waals surface area contributed by atoms with Crippen LogP contribution in [0.15, 0.2) is 30.8 Å². The van der Waals surface area contributed by atoms with E-state index in [2.05, 4.69) is 18.7 Å². The van der Waals surface area contributed by atoms with E-state index in [1.54, 1.807) is 11.8 Å². The van der Waals surface area contributed by atoms with Gasteiger partial charge in [0.05, 0.1) is 19.1 Å². The fraction of sp³-hybridized carbons (Fsp3) is 0.526. The van der Waals surface area contributed by atoms with Crippen molar-refractivity contribution in [1.82, 2.24) is 0 Å².